The molecule has 0 bridgehead atoms. The third kappa shape index (κ3) is 6.71. The van der Waals surface area contributed by atoms with E-state index >= 15 is 4.39 Å². The van der Waals surface area contributed by atoms with Crippen LogP contribution < -0.4 is 4.74 Å². The van der Waals surface area contributed by atoms with Gasteiger partial charge in [-0.15, -0.1) is 23.1 Å². The van der Waals surface area contributed by atoms with Crippen LogP contribution in [0.3, 0.4) is 0 Å². The topological polar surface area (TPSA) is 62.7 Å². The fraction of sp³-hybridized carbons (Fsp3) is 0.462. The highest BCUT2D eigenvalue weighted by Crippen LogP contribution is 2.37. The Morgan fingerprint density at radius 1 is 1.37 bits per heavy atom. The van der Waals surface area contributed by atoms with Gasteiger partial charge in [-0.1, -0.05) is 6.07 Å². The van der Waals surface area contributed by atoms with E-state index in [2.05, 4.69) is 21.3 Å². The zero-order chi connectivity index (χ0) is 24.8. The number of alkyl halides is 1. The molecule has 0 aliphatic carbocycles. The van der Waals surface area contributed by atoms with E-state index < -0.39 is 18.0 Å². The molecule has 1 saturated heterocycles. The van der Waals surface area contributed by atoms with Crippen LogP contribution in [0.4, 0.5) is 8.78 Å². The van der Waals surface area contributed by atoms with Gasteiger partial charge < -0.3 is 14.7 Å². The van der Waals surface area contributed by atoms with Crippen molar-refractivity contribution in [2.75, 3.05) is 32.5 Å². The molecule has 1 aliphatic heterocycles. The Morgan fingerprint density at radius 3 is 2.97 bits per heavy atom. The maximum Gasteiger partial charge on any atom is 0.303 e. The molecule has 1 aromatic carbocycles. The zero-order valence-electron chi connectivity index (χ0n) is 19.7. The number of benzene rings is 1. The van der Waals surface area contributed by atoms with Gasteiger partial charge in [0.1, 0.15) is 17.7 Å². The van der Waals surface area contributed by atoms with Crippen LogP contribution in [0, 0.1) is 17.7 Å². The number of hydrogen-bond acceptors (Lipinski definition) is 6. The molecule has 2 unspecified atom stereocenters. The van der Waals surface area contributed by atoms with Crippen molar-refractivity contribution >= 4 is 40.0 Å². The number of carbonyl (C=O) groups is 1. The monoisotopic (exact) mass is 520 g/mol. The van der Waals surface area contributed by atoms with Gasteiger partial charge in [0.15, 0.2) is 0 Å². The van der Waals surface area contributed by atoms with Crippen LogP contribution in [0.1, 0.15) is 37.4 Å². The lowest BCUT2D eigenvalue weighted by Crippen LogP contribution is -2.42. The summed E-state index contributed by atoms with van der Waals surface area (Å²) in [6, 6.07) is 9.17. The third-order valence-corrected chi connectivity index (χ3v) is 8.84. The highest BCUT2D eigenvalue weighted by atomic mass is 32.2. The molecule has 9 heteroatoms. The molecule has 1 N–H and O–H groups in total. The van der Waals surface area contributed by atoms with Gasteiger partial charge in [0, 0.05) is 36.2 Å². The maximum absolute atomic E-state index is 15.4. The number of carboxylic acids is 1. The SMILES string of the molecule is COc1ccc2ncc(F)c([C@H](F)CCC3CCN(CCSc4cccs4)CC3CC(=O)O)c2c1. The number of halogens is 2. The summed E-state index contributed by atoms with van der Waals surface area (Å²) in [4.78, 5) is 17.9. The summed E-state index contributed by atoms with van der Waals surface area (Å²) in [6.07, 6.45) is 1.11. The average Bonchev–Trinajstić information content (AvgIpc) is 3.36. The Hall–Kier alpha value is -2.23. The highest BCUT2D eigenvalue weighted by molar-refractivity contribution is 8.01. The van der Waals surface area contributed by atoms with Gasteiger partial charge in [0.25, 0.3) is 0 Å². The minimum atomic E-state index is -1.50. The van der Waals surface area contributed by atoms with E-state index in [1.165, 1.54) is 11.3 Å². The first-order chi connectivity index (χ1) is 16.9. The van der Waals surface area contributed by atoms with Gasteiger partial charge in [-0.3, -0.25) is 9.78 Å². The molecule has 0 saturated carbocycles. The zero-order valence-corrected chi connectivity index (χ0v) is 21.3. The van der Waals surface area contributed by atoms with Gasteiger partial charge >= 0.3 is 5.97 Å². The molecule has 3 aromatic rings. The van der Waals surface area contributed by atoms with Crippen LogP contribution in [-0.4, -0.2) is 53.5 Å². The second-order valence-electron chi connectivity index (χ2n) is 8.94. The number of methoxy groups -OCH3 is 1. The first-order valence-electron chi connectivity index (χ1n) is 11.8. The molecule has 0 radical (unpaired) electrons. The van der Waals surface area contributed by atoms with Crippen molar-refractivity contribution in [3.05, 3.63) is 53.3 Å². The second kappa shape index (κ2) is 12.1. The Balaban J connectivity index is 1.39. The highest BCUT2D eigenvalue weighted by Gasteiger charge is 2.32. The lowest BCUT2D eigenvalue weighted by atomic mass is 9.79. The van der Waals surface area contributed by atoms with E-state index in [1.54, 1.807) is 29.5 Å². The fourth-order valence-corrected chi connectivity index (χ4v) is 6.80. The van der Waals surface area contributed by atoms with Gasteiger partial charge in [-0.2, -0.15) is 0 Å². The van der Waals surface area contributed by atoms with Gasteiger partial charge in [-0.05, 0) is 67.3 Å². The molecule has 2 aromatic heterocycles. The standard InChI is InChI=1S/C26H30F2N2O3S2/c1-33-19-5-7-23-20(14-19)26(22(28)15-29-23)21(27)6-4-17-8-9-30(16-18(17)13-24(31)32)10-12-35-25-3-2-11-34-25/h2-3,5,7,11,14-15,17-18,21H,4,6,8-10,12-13,16H2,1H3,(H,31,32)/t17?,18?,21-/m1/s1. The molecular formula is C26H30F2N2O3S2. The minimum Gasteiger partial charge on any atom is -0.497 e. The van der Waals surface area contributed by atoms with Gasteiger partial charge in [0.2, 0.25) is 0 Å². The lowest BCUT2D eigenvalue weighted by Gasteiger charge is -2.38. The Morgan fingerprint density at radius 2 is 2.23 bits per heavy atom. The number of likely N-dealkylation sites (tertiary alicyclic amines) is 1. The predicted molar refractivity (Wildman–Crippen MR) is 137 cm³/mol. The summed E-state index contributed by atoms with van der Waals surface area (Å²) in [5.74, 6) is 0.0263. The van der Waals surface area contributed by atoms with Crippen LogP contribution >= 0.6 is 23.1 Å². The number of thioether (sulfide) groups is 1. The van der Waals surface area contributed by atoms with Crippen LogP contribution in [0.2, 0.25) is 0 Å². The maximum atomic E-state index is 15.4. The number of rotatable bonds is 11. The molecule has 4 rings (SSSR count). The van der Waals surface area contributed by atoms with E-state index in [4.69, 9.17) is 4.74 Å². The van der Waals surface area contributed by atoms with Gasteiger partial charge in [-0.25, -0.2) is 8.78 Å². The largest absolute Gasteiger partial charge is 0.497 e. The molecule has 0 amide bonds. The molecule has 0 spiro atoms. The number of carboxylic acid groups (broad SMARTS) is 1. The summed E-state index contributed by atoms with van der Waals surface area (Å²) in [5, 5.41) is 11.9. The van der Waals surface area contributed by atoms with Gasteiger partial charge in [0.05, 0.1) is 23.0 Å². The fourth-order valence-electron chi connectivity index (χ4n) is 4.93. The summed E-state index contributed by atoms with van der Waals surface area (Å²) >= 11 is 3.54. The van der Waals surface area contributed by atoms with Crippen molar-refractivity contribution in [3.63, 3.8) is 0 Å². The molecule has 1 fully saturated rings. The second-order valence-corrected chi connectivity index (χ2v) is 11.3. The van der Waals surface area contributed by atoms with E-state index in [9.17, 15) is 14.3 Å². The van der Waals surface area contributed by atoms with E-state index in [0.717, 1.165) is 31.5 Å². The number of ether oxygens (including phenoxy) is 1. The summed E-state index contributed by atoms with van der Waals surface area (Å²) in [7, 11) is 1.51. The van der Waals surface area contributed by atoms with Crippen molar-refractivity contribution in [1.82, 2.24) is 9.88 Å². The summed E-state index contributed by atoms with van der Waals surface area (Å²) in [6.45, 7) is 2.46. The lowest BCUT2D eigenvalue weighted by molar-refractivity contribution is -0.139. The number of piperidine rings is 1. The van der Waals surface area contributed by atoms with E-state index in [-0.39, 0.29) is 30.2 Å². The van der Waals surface area contributed by atoms with Crippen molar-refractivity contribution in [3.8, 4) is 5.75 Å². The third-order valence-electron chi connectivity index (χ3n) is 6.73. The summed E-state index contributed by atoms with van der Waals surface area (Å²) in [5.41, 5.74) is 0.522. The number of pyridine rings is 1. The Labute approximate surface area is 212 Å². The van der Waals surface area contributed by atoms with Crippen LogP contribution in [0.5, 0.6) is 5.75 Å². The van der Waals surface area contributed by atoms with Crippen molar-refractivity contribution in [2.45, 2.75) is 36.1 Å². The minimum absolute atomic E-state index is 0.00622. The Kier molecular flexibility index (Phi) is 8.97. The molecule has 35 heavy (non-hydrogen) atoms. The number of nitrogens with zero attached hydrogens (tertiary/aromatic N) is 2. The first-order valence-corrected chi connectivity index (χ1v) is 13.7. The number of fused-ring (bicyclic) bond motifs is 1. The number of hydrogen-bond donors (Lipinski definition) is 1. The van der Waals surface area contributed by atoms with Crippen LogP contribution in [0.15, 0.2) is 46.1 Å². The Bertz CT molecular complexity index is 1130. The van der Waals surface area contributed by atoms with E-state index in [0.29, 0.717) is 29.6 Å². The molecule has 188 valence electrons. The number of thiophene rings is 1. The normalized spacial score (nSPS) is 19.6. The number of aliphatic carboxylic acids is 1. The number of aromatic nitrogens is 1. The summed E-state index contributed by atoms with van der Waals surface area (Å²) < 4.78 is 36.6. The molecule has 5 nitrogen and oxygen atoms in total. The first kappa shape index (κ1) is 25.9. The molecular weight excluding hydrogens is 490 g/mol. The quantitative estimate of drug-likeness (QED) is 0.294. The van der Waals surface area contributed by atoms with Crippen LogP contribution in [0.25, 0.3) is 10.9 Å². The molecule has 1 aliphatic rings. The van der Waals surface area contributed by atoms with Crippen LogP contribution in [-0.2, 0) is 4.79 Å². The molecule has 3 heterocycles. The van der Waals surface area contributed by atoms with Crippen molar-refractivity contribution in [2.24, 2.45) is 11.8 Å². The molecule has 3 atom stereocenters. The smallest absolute Gasteiger partial charge is 0.303 e. The van der Waals surface area contributed by atoms with Crippen molar-refractivity contribution < 1.29 is 23.4 Å². The average molecular weight is 521 g/mol. The van der Waals surface area contributed by atoms with Crippen molar-refractivity contribution in [1.29, 1.82) is 0 Å². The van der Waals surface area contributed by atoms with E-state index in [1.807, 2.05) is 17.8 Å². The predicted octanol–water partition coefficient (Wildman–Crippen LogP) is 6.44.